The minimum Gasteiger partial charge on any atom is -0.319 e. The van der Waals surface area contributed by atoms with Crippen LogP contribution in [0.1, 0.15) is 24.2 Å². The third kappa shape index (κ3) is 4.39. The zero-order valence-electron chi connectivity index (χ0n) is 12.5. The van der Waals surface area contributed by atoms with E-state index in [1.54, 1.807) is 30.7 Å². The van der Waals surface area contributed by atoms with E-state index in [1.165, 1.54) is 0 Å². The Morgan fingerprint density at radius 1 is 1.29 bits per heavy atom. The number of nitrogens with zero attached hydrogens (tertiary/aromatic N) is 4. The highest BCUT2D eigenvalue weighted by Gasteiger charge is 2.07. The molecule has 2 heterocycles. The summed E-state index contributed by atoms with van der Waals surface area (Å²) in [6.07, 6.45) is 6.72. The van der Waals surface area contributed by atoms with Crippen LogP contribution in [-0.4, -0.2) is 45.2 Å². The molecule has 0 atom stereocenters. The standard InChI is InChI=1S/C15H21N5O/c1-3-19(4-2)9-10-20-12-14(11-17-20)18-15(21)13-5-7-16-8-6-13/h5-8,11-12H,3-4,9-10H2,1-2H3,(H,18,21). The van der Waals surface area contributed by atoms with Crippen LogP contribution >= 0.6 is 0 Å². The molecule has 0 unspecified atom stereocenters. The lowest BCUT2D eigenvalue weighted by molar-refractivity contribution is 0.102. The zero-order chi connectivity index (χ0) is 15.1. The van der Waals surface area contributed by atoms with Gasteiger partial charge in [-0.1, -0.05) is 13.8 Å². The van der Waals surface area contributed by atoms with Gasteiger partial charge in [0, 0.05) is 30.7 Å². The van der Waals surface area contributed by atoms with Crippen molar-refractivity contribution in [2.24, 2.45) is 0 Å². The van der Waals surface area contributed by atoms with E-state index in [-0.39, 0.29) is 5.91 Å². The van der Waals surface area contributed by atoms with E-state index in [0.717, 1.165) is 26.2 Å². The van der Waals surface area contributed by atoms with Crippen LogP contribution in [0, 0.1) is 0 Å². The van der Waals surface area contributed by atoms with Crippen LogP contribution in [0.5, 0.6) is 0 Å². The molecule has 0 saturated carbocycles. The number of amides is 1. The van der Waals surface area contributed by atoms with Crippen LogP contribution in [0.2, 0.25) is 0 Å². The lowest BCUT2D eigenvalue weighted by atomic mass is 10.2. The number of carbonyl (C=O) groups excluding carboxylic acids is 1. The van der Waals surface area contributed by atoms with Gasteiger partial charge in [0.05, 0.1) is 18.4 Å². The van der Waals surface area contributed by atoms with Crippen molar-refractivity contribution in [1.29, 1.82) is 0 Å². The van der Waals surface area contributed by atoms with Gasteiger partial charge in [0.15, 0.2) is 0 Å². The number of rotatable bonds is 7. The molecule has 112 valence electrons. The van der Waals surface area contributed by atoms with Gasteiger partial charge < -0.3 is 10.2 Å². The fraction of sp³-hybridized carbons (Fsp3) is 0.400. The second-order valence-corrected chi connectivity index (χ2v) is 4.71. The summed E-state index contributed by atoms with van der Waals surface area (Å²) in [4.78, 5) is 18.2. The second-order valence-electron chi connectivity index (χ2n) is 4.71. The van der Waals surface area contributed by atoms with Crippen molar-refractivity contribution >= 4 is 11.6 Å². The molecule has 0 fully saturated rings. The van der Waals surface area contributed by atoms with Gasteiger partial charge in [-0.25, -0.2) is 0 Å². The fourth-order valence-corrected chi connectivity index (χ4v) is 2.04. The molecule has 1 N–H and O–H groups in total. The van der Waals surface area contributed by atoms with Gasteiger partial charge in [-0.15, -0.1) is 0 Å². The molecule has 1 amide bonds. The van der Waals surface area contributed by atoms with E-state index in [0.29, 0.717) is 11.3 Å². The molecule has 0 saturated heterocycles. The number of carbonyl (C=O) groups is 1. The quantitative estimate of drug-likeness (QED) is 0.844. The highest BCUT2D eigenvalue weighted by atomic mass is 16.1. The number of anilines is 1. The maximum atomic E-state index is 12.0. The summed E-state index contributed by atoms with van der Waals surface area (Å²) < 4.78 is 1.85. The van der Waals surface area contributed by atoms with Crippen molar-refractivity contribution in [1.82, 2.24) is 19.7 Å². The van der Waals surface area contributed by atoms with E-state index in [1.807, 2.05) is 10.9 Å². The number of nitrogens with one attached hydrogen (secondary N) is 1. The summed E-state index contributed by atoms with van der Waals surface area (Å²) in [5.41, 5.74) is 1.29. The summed E-state index contributed by atoms with van der Waals surface area (Å²) in [6.45, 7) is 8.12. The van der Waals surface area contributed by atoms with Gasteiger partial charge in [-0.05, 0) is 25.2 Å². The minimum absolute atomic E-state index is 0.152. The fourth-order valence-electron chi connectivity index (χ4n) is 2.04. The number of pyridine rings is 1. The zero-order valence-corrected chi connectivity index (χ0v) is 12.5. The van der Waals surface area contributed by atoms with Crippen molar-refractivity contribution in [2.45, 2.75) is 20.4 Å². The molecule has 2 aromatic rings. The van der Waals surface area contributed by atoms with E-state index < -0.39 is 0 Å². The van der Waals surface area contributed by atoms with E-state index >= 15 is 0 Å². The van der Waals surface area contributed by atoms with Crippen molar-refractivity contribution in [3.63, 3.8) is 0 Å². The molecule has 0 aromatic carbocycles. The minimum atomic E-state index is -0.152. The van der Waals surface area contributed by atoms with Crippen LogP contribution in [-0.2, 0) is 6.54 Å². The van der Waals surface area contributed by atoms with Crippen molar-refractivity contribution in [3.8, 4) is 0 Å². The molecule has 0 spiro atoms. The number of hydrogen-bond acceptors (Lipinski definition) is 4. The van der Waals surface area contributed by atoms with E-state index in [4.69, 9.17) is 0 Å². The topological polar surface area (TPSA) is 63.0 Å². The Morgan fingerprint density at radius 3 is 2.67 bits per heavy atom. The summed E-state index contributed by atoms with van der Waals surface area (Å²) in [5.74, 6) is -0.152. The first-order chi connectivity index (χ1) is 10.2. The summed E-state index contributed by atoms with van der Waals surface area (Å²) in [6, 6.07) is 3.36. The Morgan fingerprint density at radius 2 is 2.00 bits per heavy atom. The van der Waals surface area contributed by atoms with Crippen molar-refractivity contribution < 1.29 is 4.79 Å². The SMILES string of the molecule is CCN(CC)CCn1cc(NC(=O)c2ccncc2)cn1. The van der Waals surface area contributed by atoms with Crippen LogP contribution in [0.4, 0.5) is 5.69 Å². The van der Waals surface area contributed by atoms with Gasteiger partial charge in [0.25, 0.3) is 5.91 Å². The van der Waals surface area contributed by atoms with Gasteiger partial charge >= 0.3 is 0 Å². The average molecular weight is 287 g/mol. The Hall–Kier alpha value is -2.21. The Labute approximate surface area is 124 Å². The van der Waals surface area contributed by atoms with Crippen molar-refractivity contribution in [2.75, 3.05) is 25.0 Å². The molecule has 0 aliphatic rings. The molecule has 21 heavy (non-hydrogen) atoms. The van der Waals surface area contributed by atoms with Crippen LogP contribution < -0.4 is 5.32 Å². The van der Waals surface area contributed by atoms with Gasteiger partial charge in [-0.2, -0.15) is 5.10 Å². The van der Waals surface area contributed by atoms with Crippen molar-refractivity contribution in [3.05, 3.63) is 42.5 Å². The maximum Gasteiger partial charge on any atom is 0.255 e. The molecule has 0 radical (unpaired) electrons. The van der Waals surface area contributed by atoms with Crippen LogP contribution in [0.15, 0.2) is 36.9 Å². The third-order valence-electron chi connectivity index (χ3n) is 3.37. The molecule has 0 aliphatic carbocycles. The average Bonchev–Trinajstić information content (AvgIpc) is 2.96. The molecular formula is C15H21N5O. The normalized spacial score (nSPS) is 10.8. The largest absolute Gasteiger partial charge is 0.319 e. The van der Waals surface area contributed by atoms with E-state index in [2.05, 4.69) is 34.1 Å². The predicted molar refractivity (Wildman–Crippen MR) is 82.2 cm³/mol. The molecule has 2 aromatic heterocycles. The first-order valence-corrected chi connectivity index (χ1v) is 7.19. The van der Waals surface area contributed by atoms with Crippen LogP contribution in [0.25, 0.3) is 0 Å². The predicted octanol–water partition coefficient (Wildman–Crippen LogP) is 1.87. The number of likely N-dealkylation sites (N-methyl/N-ethyl adjacent to an activating group) is 1. The number of aromatic nitrogens is 3. The van der Waals surface area contributed by atoms with Gasteiger partial charge in [0.1, 0.15) is 0 Å². The Balaban J connectivity index is 1.90. The molecule has 6 heteroatoms. The Bertz CT molecular complexity index is 562. The lowest BCUT2D eigenvalue weighted by Gasteiger charge is -2.17. The summed E-state index contributed by atoms with van der Waals surface area (Å²) in [5, 5.41) is 7.10. The molecule has 0 bridgehead atoms. The maximum absolute atomic E-state index is 12.0. The summed E-state index contributed by atoms with van der Waals surface area (Å²) >= 11 is 0. The first kappa shape index (κ1) is 15.2. The third-order valence-corrected chi connectivity index (χ3v) is 3.37. The lowest BCUT2D eigenvalue weighted by Crippen LogP contribution is -2.27. The smallest absolute Gasteiger partial charge is 0.255 e. The number of hydrogen-bond donors (Lipinski definition) is 1. The Kier molecular flexibility index (Phi) is 5.45. The molecule has 2 rings (SSSR count). The molecule has 6 nitrogen and oxygen atoms in total. The van der Waals surface area contributed by atoms with Gasteiger partial charge in [0.2, 0.25) is 0 Å². The highest BCUT2D eigenvalue weighted by Crippen LogP contribution is 2.08. The monoisotopic (exact) mass is 287 g/mol. The second kappa shape index (κ2) is 7.54. The van der Waals surface area contributed by atoms with Crippen LogP contribution in [0.3, 0.4) is 0 Å². The van der Waals surface area contributed by atoms with E-state index in [9.17, 15) is 4.79 Å². The summed E-state index contributed by atoms with van der Waals surface area (Å²) in [7, 11) is 0. The highest BCUT2D eigenvalue weighted by molar-refractivity contribution is 6.03. The first-order valence-electron chi connectivity index (χ1n) is 7.19. The molecular weight excluding hydrogens is 266 g/mol. The van der Waals surface area contributed by atoms with Gasteiger partial charge in [-0.3, -0.25) is 14.5 Å². The molecule has 0 aliphatic heterocycles.